The SMILES string of the molecule is Cc1nc(CN(C)C(=O)C2CCCCCC2N)n[nH]1. The number of aryl methyl sites for hydroxylation is 1. The molecule has 1 fully saturated rings. The third-order valence-corrected chi connectivity index (χ3v) is 3.78. The maximum atomic E-state index is 12.5. The normalized spacial score (nSPS) is 23.9. The van der Waals surface area contributed by atoms with Gasteiger partial charge in [0.25, 0.3) is 0 Å². The van der Waals surface area contributed by atoms with Gasteiger partial charge in [-0.25, -0.2) is 4.98 Å². The zero-order chi connectivity index (χ0) is 13.8. The van der Waals surface area contributed by atoms with Crippen molar-refractivity contribution in [2.45, 2.75) is 51.6 Å². The number of carbonyl (C=O) groups is 1. The highest BCUT2D eigenvalue weighted by Gasteiger charge is 2.29. The fraction of sp³-hybridized carbons (Fsp3) is 0.769. The molecule has 0 bridgehead atoms. The van der Waals surface area contributed by atoms with E-state index in [1.54, 1.807) is 11.9 Å². The standard InChI is InChI=1S/C13H23N5O/c1-9-15-12(17-16-9)8-18(2)13(19)10-6-4-3-5-7-11(10)14/h10-11H,3-8,14H2,1-2H3,(H,15,16,17). The van der Waals surface area contributed by atoms with E-state index >= 15 is 0 Å². The van der Waals surface area contributed by atoms with Gasteiger partial charge in [-0.2, -0.15) is 5.10 Å². The summed E-state index contributed by atoms with van der Waals surface area (Å²) in [6, 6.07) is -0.00803. The van der Waals surface area contributed by atoms with Gasteiger partial charge in [-0.05, 0) is 19.8 Å². The van der Waals surface area contributed by atoms with Crippen LogP contribution in [0.2, 0.25) is 0 Å². The molecule has 0 aliphatic heterocycles. The van der Waals surface area contributed by atoms with E-state index in [4.69, 9.17) is 5.73 Å². The number of aromatic nitrogens is 3. The van der Waals surface area contributed by atoms with Gasteiger partial charge < -0.3 is 10.6 Å². The van der Waals surface area contributed by atoms with E-state index in [0.717, 1.165) is 31.5 Å². The molecule has 1 aliphatic rings. The first-order valence-electron chi connectivity index (χ1n) is 6.96. The summed E-state index contributed by atoms with van der Waals surface area (Å²) in [5.41, 5.74) is 6.13. The third-order valence-electron chi connectivity index (χ3n) is 3.78. The largest absolute Gasteiger partial charge is 0.338 e. The zero-order valence-corrected chi connectivity index (χ0v) is 11.7. The van der Waals surface area contributed by atoms with Crippen LogP contribution in [0.15, 0.2) is 0 Å². The van der Waals surface area contributed by atoms with Gasteiger partial charge in [0.15, 0.2) is 5.82 Å². The van der Waals surface area contributed by atoms with Crippen molar-refractivity contribution >= 4 is 5.91 Å². The lowest BCUT2D eigenvalue weighted by Crippen LogP contribution is -2.42. The minimum atomic E-state index is -0.0486. The molecule has 2 rings (SSSR count). The molecule has 1 saturated carbocycles. The number of carbonyl (C=O) groups excluding carboxylic acids is 1. The molecule has 3 N–H and O–H groups in total. The molecular formula is C13H23N5O. The van der Waals surface area contributed by atoms with Crippen molar-refractivity contribution in [3.8, 4) is 0 Å². The molecule has 1 aromatic heterocycles. The van der Waals surface area contributed by atoms with Crippen molar-refractivity contribution < 1.29 is 4.79 Å². The summed E-state index contributed by atoms with van der Waals surface area (Å²) in [5, 5.41) is 6.85. The molecule has 1 amide bonds. The third kappa shape index (κ3) is 3.53. The summed E-state index contributed by atoms with van der Waals surface area (Å²) in [7, 11) is 1.80. The minimum Gasteiger partial charge on any atom is -0.338 e. The van der Waals surface area contributed by atoms with E-state index in [0.29, 0.717) is 12.4 Å². The first kappa shape index (κ1) is 14.0. The number of rotatable bonds is 3. The van der Waals surface area contributed by atoms with E-state index in [2.05, 4.69) is 15.2 Å². The van der Waals surface area contributed by atoms with Crippen molar-refractivity contribution in [2.24, 2.45) is 11.7 Å². The van der Waals surface area contributed by atoms with Crippen molar-refractivity contribution in [3.63, 3.8) is 0 Å². The summed E-state index contributed by atoms with van der Waals surface area (Å²) < 4.78 is 0. The Kier molecular flexibility index (Phi) is 4.52. The van der Waals surface area contributed by atoms with Crippen LogP contribution in [0.25, 0.3) is 0 Å². The molecule has 6 nitrogen and oxygen atoms in total. The van der Waals surface area contributed by atoms with Crippen molar-refractivity contribution in [2.75, 3.05) is 7.05 Å². The second-order valence-corrected chi connectivity index (χ2v) is 5.44. The van der Waals surface area contributed by atoms with Crippen molar-refractivity contribution in [3.05, 3.63) is 11.6 Å². The van der Waals surface area contributed by atoms with Crippen LogP contribution in [0, 0.1) is 12.8 Å². The van der Waals surface area contributed by atoms with E-state index < -0.39 is 0 Å². The summed E-state index contributed by atoms with van der Waals surface area (Å²) in [6.45, 7) is 2.28. The van der Waals surface area contributed by atoms with Gasteiger partial charge in [0, 0.05) is 13.1 Å². The highest BCUT2D eigenvalue weighted by atomic mass is 16.2. The molecule has 0 radical (unpaired) electrons. The molecule has 1 aromatic rings. The Bertz CT molecular complexity index is 430. The molecule has 6 heteroatoms. The maximum absolute atomic E-state index is 12.5. The Balaban J connectivity index is 1.97. The number of hydrogen-bond acceptors (Lipinski definition) is 4. The number of amides is 1. The van der Waals surface area contributed by atoms with Gasteiger partial charge >= 0.3 is 0 Å². The van der Waals surface area contributed by atoms with Gasteiger partial charge in [-0.15, -0.1) is 0 Å². The maximum Gasteiger partial charge on any atom is 0.227 e. The number of nitrogens with one attached hydrogen (secondary N) is 1. The summed E-state index contributed by atoms with van der Waals surface area (Å²) in [4.78, 5) is 18.4. The number of nitrogens with zero attached hydrogens (tertiary/aromatic N) is 3. The summed E-state index contributed by atoms with van der Waals surface area (Å²) in [5.74, 6) is 1.49. The molecule has 2 atom stereocenters. The second kappa shape index (κ2) is 6.14. The van der Waals surface area contributed by atoms with Gasteiger partial charge in [0.1, 0.15) is 5.82 Å². The molecule has 2 unspecified atom stereocenters. The fourth-order valence-electron chi connectivity index (χ4n) is 2.68. The van der Waals surface area contributed by atoms with E-state index in [1.165, 1.54) is 6.42 Å². The van der Waals surface area contributed by atoms with Gasteiger partial charge in [0.05, 0.1) is 12.5 Å². The highest BCUT2D eigenvalue weighted by molar-refractivity contribution is 5.79. The molecule has 1 heterocycles. The average Bonchev–Trinajstić information content (AvgIpc) is 2.66. The van der Waals surface area contributed by atoms with Gasteiger partial charge in [-0.1, -0.05) is 19.3 Å². The van der Waals surface area contributed by atoms with Crippen LogP contribution < -0.4 is 5.73 Å². The van der Waals surface area contributed by atoms with E-state index in [-0.39, 0.29) is 17.9 Å². The van der Waals surface area contributed by atoms with Crippen molar-refractivity contribution in [1.29, 1.82) is 0 Å². The lowest BCUT2D eigenvalue weighted by molar-refractivity contribution is -0.135. The van der Waals surface area contributed by atoms with Crippen molar-refractivity contribution in [1.82, 2.24) is 20.1 Å². The predicted molar refractivity (Wildman–Crippen MR) is 72.1 cm³/mol. The molecule has 106 valence electrons. The Hall–Kier alpha value is -1.43. The Morgan fingerprint density at radius 3 is 2.84 bits per heavy atom. The Labute approximate surface area is 113 Å². The number of aromatic amines is 1. The smallest absolute Gasteiger partial charge is 0.227 e. The van der Waals surface area contributed by atoms with Gasteiger partial charge in [-0.3, -0.25) is 9.89 Å². The minimum absolute atomic E-state index is 0.00803. The van der Waals surface area contributed by atoms with Crippen LogP contribution in [-0.2, 0) is 11.3 Å². The Morgan fingerprint density at radius 1 is 1.42 bits per heavy atom. The molecule has 19 heavy (non-hydrogen) atoms. The van der Waals surface area contributed by atoms with Crippen LogP contribution >= 0.6 is 0 Å². The monoisotopic (exact) mass is 265 g/mol. The molecule has 0 spiro atoms. The summed E-state index contributed by atoms with van der Waals surface area (Å²) in [6.07, 6.45) is 5.26. The highest BCUT2D eigenvalue weighted by Crippen LogP contribution is 2.24. The fourth-order valence-corrected chi connectivity index (χ4v) is 2.68. The number of H-pyrrole nitrogens is 1. The molecular weight excluding hydrogens is 242 g/mol. The molecule has 0 aromatic carbocycles. The van der Waals surface area contributed by atoms with Crippen LogP contribution in [0.1, 0.15) is 43.8 Å². The van der Waals surface area contributed by atoms with Crippen LogP contribution in [-0.4, -0.2) is 39.1 Å². The lowest BCUT2D eigenvalue weighted by atomic mass is 9.94. The first-order chi connectivity index (χ1) is 9.08. The quantitative estimate of drug-likeness (QED) is 0.797. The topological polar surface area (TPSA) is 87.9 Å². The summed E-state index contributed by atoms with van der Waals surface area (Å²) >= 11 is 0. The van der Waals surface area contributed by atoms with Crippen LogP contribution in [0.3, 0.4) is 0 Å². The molecule has 1 aliphatic carbocycles. The first-order valence-corrected chi connectivity index (χ1v) is 6.96. The average molecular weight is 265 g/mol. The Morgan fingerprint density at radius 2 is 2.16 bits per heavy atom. The zero-order valence-electron chi connectivity index (χ0n) is 11.7. The number of nitrogens with two attached hydrogens (primary N) is 1. The number of hydrogen-bond donors (Lipinski definition) is 2. The van der Waals surface area contributed by atoms with Crippen LogP contribution in [0.5, 0.6) is 0 Å². The lowest BCUT2D eigenvalue weighted by Gasteiger charge is -2.25. The second-order valence-electron chi connectivity index (χ2n) is 5.44. The van der Waals surface area contributed by atoms with Gasteiger partial charge in [0.2, 0.25) is 5.91 Å². The molecule has 0 saturated heterocycles. The van der Waals surface area contributed by atoms with Crippen LogP contribution in [0.4, 0.5) is 0 Å². The predicted octanol–water partition coefficient (Wildman–Crippen LogP) is 0.979. The van der Waals surface area contributed by atoms with E-state index in [9.17, 15) is 4.79 Å². The van der Waals surface area contributed by atoms with E-state index in [1.807, 2.05) is 6.92 Å².